The van der Waals surface area contributed by atoms with Crippen molar-refractivity contribution in [3.8, 4) is 0 Å². The van der Waals surface area contributed by atoms with Gasteiger partial charge < -0.3 is 10.2 Å². The molecule has 3 aliphatic rings. The minimum atomic E-state index is -2.81. The monoisotopic (exact) mass is 370 g/mol. The second-order valence-electron chi connectivity index (χ2n) is 7.79. The summed E-state index contributed by atoms with van der Waals surface area (Å²) in [5.41, 5.74) is 0. The molecule has 0 aliphatic carbocycles. The summed E-state index contributed by atoms with van der Waals surface area (Å²) in [4.78, 5) is 9.77. The van der Waals surface area contributed by atoms with Gasteiger partial charge in [-0.2, -0.15) is 0 Å². The zero-order valence-electron chi connectivity index (χ0n) is 15.6. The van der Waals surface area contributed by atoms with Crippen molar-refractivity contribution >= 4 is 15.8 Å². The Balaban J connectivity index is 1.59. The molecule has 144 valence electrons. The number of piperidine rings is 1. The Morgan fingerprint density at radius 2 is 1.92 bits per heavy atom. The Labute approximate surface area is 153 Å². The molecule has 25 heavy (non-hydrogen) atoms. The fourth-order valence-electron chi connectivity index (χ4n) is 4.36. The molecule has 2 unspecified atom stereocenters. The largest absolute Gasteiger partial charge is 0.355 e. The molecule has 0 saturated carbocycles. The highest BCUT2D eigenvalue weighted by molar-refractivity contribution is 7.91. The summed E-state index contributed by atoms with van der Waals surface area (Å²) in [5.74, 6) is 1.86. The third-order valence-electron chi connectivity index (χ3n) is 5.88. The number of likely N-dealkylation sites (tertiary alicyclic amines) is 2. The van der Waals surface area contributed by atoms with Crippen LogP contribution in [0.25, 0.3) is 0 Å². The Morgan fingerprint density at radius 3 is 2.60 bits per heavy atom. The van der Waals surface area contributed by atoms with Gasteiger partial charge in [-0.25, -0.2) is 8.42 Å². The van der Waals surface area contributed by atoms with Crippen LogP contribution < -0.4 is 5.32 Å². The lowest BCUT2D eigenvalue weighted by atomic mass is 10.1. The van der Waals surface area contributed by atoms with Gasteiger partial charge in [0.1, 0.15) is 0 Å². The predicted octanol–water partition coefficient (Wildman–Crippen LogP) is 1.34. The number of likely N-dealkylation sites (N-methyl/N-ethyl adjacent to an activating group) is 1. The number of sulfone groups is 1. The molecule has 7 heteroatoms. The number of aliphatic imine (C=N–C) groups is 1. The molecule has 1 N–H and O–H groups in total. The van der Waals surface area contributed by atoms with E-state index in [4.69, 9.17) is 4.99 Å². The predicted molar refractivity (Wildman–Crippen MR) is 103 cm³/mol. The van der Waals surface area contributed by atoms with Gasteiger partial charge in [-0.3, -0.25) is 9.89 Å². The Morgan fingerprint density at radius 1 is 1.12 bits per heavy atom. The van der Waals surface area contributed by atoms with Gasteiger partial charge in [-0.15, -0.1) is 0 Å². The van der Waals surface area contributed by atoms with E-state index < -0.39 is 9.84 Å². The molecule has 0 aromatic carbocycles. The van der Waals surface area contributed by atoms with Crippen LogP contribution in [0.1, 0.15) is 45.4 Å². The molecule has 3 rings (SSSR count). The van der Waals surface area contributed by atoms with Crippen LogP contribution >= 0.6 is 0 Å². The molecule has 3 aliphatic heterocycles. The summed E-state index contributed by atoms with van der Waals surface area (Å²) >= 11 is 0. The van der Waals surface area contributed by atoms with Gasteiger partial charge >= 0.3 is 0 Å². The van der Waals surface area contributed by atoms with E-state index in [-0.39, 0.29) is 5.92 Å². The Hall–Kier alpha value is -0.820. The summed E-state index contributed by atoms with van der Waals surface area (Å²) in [7, 11) is -2.81. The van der Waals surface area contributed by atoms with Crippen molar-refractivity contribution in [2.75, 3.05) is 50.8 Å². The molecule has 0 spiro atoms. The van der Waals surface area contributed by atoms with Gasteiger partial charge in [0.05, 0.1) is 11.5 Å². The van der Waals surface area contributed by atoms with Gasteiger partial charge in [-0.1, -0.05) is 6.92 Å². The highest BCUT2D eigenvalue weighted by Crippen LogP contribution is 2.19. The van der Waals surface area contributed by atoms with Crippen LogP contribution in [0.3, 0.4) is 0 Å². The maximum absolute atomic E-state index is 11.7. The van der Waals surface area contributed by atoms with Crippen molar-refractivity contribution in [1.82, 2.24) is 15.1 Å². The van der Waals surface area contributed by atoms with E-state index in [0.717, 1.165) is 38.6 Å². The number of rotatable bonds is 5. The van der Waals surface area contributed by atoms with Gasteiger partial charge in [0.25, 0.3) is 0 Å². The molecular weight excluding hydrogens is 336 g/mol. The third-order valence-corrected chi connectivity index (χ3v) is 7.72. The number of guanidine groups is 1. The quantitative estimate of drug-likeness (QED) is 0.584. The molecular formula is C18H34N4O2S. The topological polar surface area (TPSA) is 65.0 Å². The molecule has 0 amide bonds. The van der Waals surface area contributed by atoms with Crippen LogP contribution in [0.4, 0.5) is 0 Å². The van der Waals surface area contributed by atoms with E-state index in [1.165, 1.54) is 38.6 Å². The fourth-order valence-corrected chi connectivity index (χ4v) is 6.21. The maximum Gasteiger partial charge on any atom is 0.193 e. The molecule has 3 saturated heterocycles. The van der Waals surface area contributed by atoms with Crippen LogP contribution in [0.2, 0.25) is 0 Å². The van der Waals surface area contributed by atoms with Gasteiger partial charge in [-0.05, 0) is 57.5 Å². The molecule has 3 heterocycles. The average molecular weight is 371 g/mol. The molecule has 0 aromatic heterocycles. The molecule has 0 radical (unpaired) electrons. The van der Waals surface area contributed by atoms with Crippen molar-refractivity contribution < 1.29 is 8.42 Å². The SMILES string of the molecule is CCN1CCCC1CNC(=NCC1CCS(=O)(=O)C1)N1CCCCC1. The average Bonchev–Trinajstić information content (AvgIpc) is 3.21. The summed E-state index contributed by atoms with van der Waals surface area (Å²) in [6.07, 6.45) is 7.07. The first-order chi connectivity index (χ1) is 12.1. The number of nitrogens with zero attached hydrogens (tertiary/aromatic N) is 3. The summed E-state index contributed by atoms with van der Waals surface area (Å²) in [6, 6.07) is 0.604. The first-order valence-electron chi connectivity index (χ1n) is 10.0. The van der Waals surface area contributed by atoms with Crippen molar-refractivity contribution in [3.63, 3.8) is 0 Å². The van der Waals surface area contributed by atoms with Crippen LogP contribution in [-0.2, 0) is 9.84 Å². The maximum atomic E-state index is 11.7. The summed E-state index contributed by atoms with van der Waals surface area (Å²) in [6.45, 7) is 8.28. The molecule has 0 bridgehead atoms. The second-order valence-corrected chi connectivity index (χ2v) is 10.0. The van der Waals surface area contributed by atoms with Crippen molar-refractivity contribution in [2.24, 2.45) is 10.9 Å². The van der Waals surface area contributed by atoms with Crippen molar-refractivity contribution in [2.45, 2.75) is 51.5 Å². The van der Waals surface area contributed by atoms with Crippen LogP contribution in [0.5, 0.6) is 0 Å². The molecule has 0 aromatic rings. The normalized spacial score (nSPS) is 30.8. The van der Waals surface area contributed by atoms with Crippen LogP contribution in [0, 0.1) is 5.92 Å². The Bertz CT molecular complexity index is 557. The minimum Gasteiger partial charge on any atom is -0.355 e. The van der Waals surface area contributed by atoms with E-state index in [2.05, 4.69) is 22.0 Å². The molecule has 6 nitrogen and oxygen atoms in total. The second kappa shape index (κ2) is 8.71. The third kappa shape index (κ3) is 5.33. The summed E-state index contributed by atoms with van der Waals surface area (Å²) in [5, 5.41) is 3.63. The molecule has 2 atom stereocenters. The van der Waals surface area contributed by atoms with E-state index in [1.807, 2.05) is 0 Å². The van der Waals surface area contributed by atoms with E-state index in [1.54, 1.807) is 0 Å². The van der Waals surface area contributed by atoms with Crippen LogP contribution in [0.15, 0.2) is 4.99 Å². The van der Waals surface area contributed by atoms with Crippen molar-refractivity contribution in [1.29, 1.82) is 0 Å². The smallest absolute Gasteiger partial charge is 0.193 e. The van der Waals surface area contributed by atoms with Gasteiger partial charge in [0.15, 0.2) is 15.8 Å². The highest BCUT2D eigenvalue weighted by Gasteiger charge is 2.28. The zero-order chi connectivity index (χ0) is 17.7. The Kier molecular flexibility index (Phi) is 6.61. The van der Waals surface area contributed by atoms with E-state index in [9.17, 15) is 8.42 Å². The van der Waals surface area contributed by atoms with Crippen molar-refractivity contribution in [3.05, 3.63) is 0 Å². The lowest BCUT2D eigenvalue weighted by Gasteiger charge is -2.32. The van der Waals surface area contributed by atoms with Gasteiger partial charge in [0.2, 0.25) is 0 Å². The standard InChI is InChI=1S/C18H34N4O2S/c1-2-21-11-6-7-17(21)14-20-18(22-9-4-3-5-10-22)19-13-16-8-12-25(23,24)15-16/h16-17H,2-15H2,1H3,(H,19,20). The lowest BCUT2D eigenvalue weighted by Crippen LogP contribution is -2.48. The van der Waals surface area contributed by atoms with E-state index >= 15 is 0 Å². The minimum absolute atomic E-state index is 0.199. The van der Waals surface area contributed by atoms with Crippen LogP contribution in [-0.4, -0.2) is 81.0 Å². The first kappa shape index (κ1) is 19.0. The lowest BCUT2D eigenvalue weighted by molar-refractivity contribution is 0.262. The summed E-state index contributed by atoms with van der Waals surface area (Å²) < 4.78 is 23.4. The first-order valence-corrected chi connectivity index (χ1v) is 11.9. The number of hydrogen-bond donors (Lipinski definition) is 1. The van der Waals surface area contributed by atoms with E-state index in [0.29, 0.717) is 24.1 Å². The van der Waals surface area contributed by atoms with Gasteiger partial charge in [0, 0.05) is 32.2 Å². The highest BCUT2D eigenvalue weighted by atomic mass is 32.2. The number of nitrogens with one attached hydrogen (secondary N) is 1. The fraction of sp³-hybridized carbons (Fsp3) is 0.944. The molecule has 3 fully saturated rings. The number of hydrogen-bond acceptors (Lipinski definition) is 4. The zero-order valence-corrected chi connectivity index (χ0v) is 16.4.